The van der Waals surface area contributed by atoms with Crippen molar-refractivity contribution in [1.82, 2.24) is 5.32 Å². The van der Waals surface area contributed by atoms with E-state index in [0.29, 0.717) is 12.1 Å². The van der Waals surface area contributed by atoms with Gasteiger partial charge in [-0.1, -0.05) is 35.9 Å². The molecule has 0 amide bonds. The minimum absolute atomic E-state index is 0.478. The number of hydrogen-bond acceptors (Lipinski definition) is 2. The first-order valence-corrected chi connectivity index (χ1v) is 8.41. The SMILES string of the molecule is Cc1ccccc1CC(C)NC1CCc2sc(Cl)cc21. The van der Waals surface area contributed by atoms with Crippen molar-refractivity contribution in [3.63, 3.8) is 0 Å². The van der Waals surface area contributed by atoms with Crippen LogP contribution in [0.4, 0.5) is 0 Å². The van der Waals surface area contributed by atoms with Gasteiger partial charge in [0.25, 0.3) is 0 Å². The van der Waals surface area contributed by atoms with Gasteiger partial charge >= 0.3 is 0 Å². The fourth-order valence-electron chi connectivity index (χ4n) is 3.07. The summed E-state index contributed by atoms with van der Waals surface area (Å²) >= 11 is 7.86. The number of halogens is 1. The van der Waals surface area contributed by atoms with E-state index < -0.39 is 0 Å². The van der Waals surface area contributed by atoms with E-state index in [-0.39, 0.29) is 0 Å². The third-order valence-corrected chi connectivity index (χ3v) is 5.46. The molecule has 1 aromatic carbocycles. The fourth-order valence-corrected chi connectivity index (χ4v) is 4.43. The molecule has 1 aliphatic rings. The molecular weight excluding hydrogens is 286 g/mol. The number of benzene rings is 1. The summed E-state index contributed by atoms with van der Waals surface area (Å²) < 4.78 is 0.924. The topological polar surface area (TPSA) is 12.0 Å². The summed E-state index contributed by atoms with van der Waals surface area (Å²) in [5.74, 6) is 0. The molecule has 3 rings (SSSR count). The lowest BCUT2D eigenvalue weighted by Gasteiger charge is -2.20. The third kappa shape index (κ3) is 2.93. The molecule has 20 heavy (non-hydrogen) atoms. The normalized spacial score (nSPS) is 19.1. The Hall–Kier alpha value is -0.830. The van der Waals surface area contributed by atoms with Crippen LogP contribution in [0.5, 0.6) is 0 Å². The van der Waals surface area contributed by atoms with Crippen molar-refractivity contribution in [2.75, 3.05) is 0 Å². The standard InChI is InChI=1S/C17H20ClNS/c1-11-5-3-4-6-13(11)9-12(2)19-15-7-8-16-14(15)10-17(18)20-16/h3-6,10,12,15,19H,7-9H2,1-2H3. The van der Waals surface area contributed by atoms with Crippen molar-refractivity contribution in [3.05, 3.63) is 56.2 Å². The fraction of sp³-hybridized carbons (Fsp3) is 0.412. The van der Waals surface area contributed by atoms with E-state index in [4.69, 9.17) is 11.6 Å². The molecule has 106 valence electrons. The maximum absolute atomic E-state index is 6.12. The molecule has 0 bridgehead atoms. The molecular formula is C17H20ClNS. The molecule has 0 saturated heterocycles. The number of nitrogens with one attached hydrogen (secondary N) is 1. The molecule has 2 unspecified atom stereocenters. The van der Waals surface area contributed by atoms with Gasteiger partial charge in [0.05, 0.1) is 4.34 Å². The molecule has 0 saturated carbocycles. The van der Waals surface area contributed by atoms with Gasteiger partial charge in [0.1, 0.15) is 0 Å². The van der Waals surface area contributed by atoms with Crippen LogP contribution in [0.2, 0.25) is 4.34 Å². The summed E-state index contributed by atoms with van der Waals surface area (Å²) in [4.78, 5) is 1.47. The molecule has 0 spiro atoms. The Bertz CT molecular complexity index is 605. The van der Waals surface area contributed by atoms with E-state index in [9.17, 15) is 0 Å². The highest BCUT2D eigenvalue weighted by Gasteiger charge is 2.26. The van der Waals surface area contributed by atoms with Gasteiger partial charge in [-0.3, -0.25) is 0 Å². The van der Waals surface area contributed by atoms with Crippen molar-refractivity contribution < 1.29 is 0 Å². The van der Waals surface area contributed by atoms with Crippen LogP contribution in [0.1, 0.15) is 41.0 Å². The summed E-state index contributed by atoms with van der Waals surface area (Å²) in [7, 11) is 0. The number of fused-ring (bicyclic) bond motifs is 1. The number of thiophene rings is 1. The Morgan fingerprint density at radius 2 is 2.20 bits per heavy atom. The number of rotatable bonds is 4. The Morgan fingerprint density at radius 1 is 1.40 bits per heavy atom. The molecule has 0 radical (unpaired) electrons. The van der Waals surface area contributed by atoms with Gasteiger partial charge in [-0.2, -0.15) is 0 Å². The summed E-state index contributed by atoms with van der Waals surface area (Å²) in [5, 5.41) is 3.77. The average Bonchev–Trinajstić information content (AvgIpc) is 2.93. The van der Waals surface area contributed by atoms with Gasteiger partial charge in [0.2, 0.25) is 0 Å². The monoisotopic (exact) mass is 305 g/mol. The first-order valence-electron chi connectivity index (χ1n) is 7.22. The second-order valence-corrected chi connectivity index (χ2v) is 7.49. The molecule has 1 heterocycles. The summed E-state index contributed by atoms with van der Waals surface area (Å²) in [6, 6.07) is 11.8. The Labute approximate surface area is 130 Å². The van der Waals surface area contributed by atoms with Crippen molar-refractivity contribution >= 4 is 22.9 Å². The Balaban J connectivity index is 1.65. The lowest BCUT2D eigenvalue weighted by Crippen LogP contribution is -2.31. The number of hydrogen-bond donors (Lipinski definition) is 1. The summed E-state index contributed by atoms with van der Waals surface area (Å²) in [6.07, 6.45) is 3.45. The van der Waals surface area contributed by atoms with E-state index in [1.54, 1.807) is 11.3 Å². The molecule has 2 atom stereocenters. The van der Waals surface area contributed by atoms with Crippen LogP contribution >= 0.6 is 22.9 Å². The van der Waals surface area contributed by atoms with E-state index in [2.05, 4.69) is 49.5 Å². The molecule has 1 nitrogen and oxygen atoms in total. The lowest BCUT2D eigenvalue weighted by atomic mass is 10.0. The lowest BCUT2D eigenvalue weighted by molar-refractivity contribution is 0.451. The predicted octanol–water partition coefficient (Wildman–Crippen LogP) is 4.92. The van der Waals surface area contributed by atoms with Crippen LogP contribution in [0.15, 0.2) is 30.3 Å². The largest absolute Gasteiger partial charge is 0.307 e. The van der Waals surface area contributed by atoms with E-state index in [0.717, 1.165) is 10.8 Å². The van der Waals surface area contributed by atoms with Gasteiger partial charge in [-0.15, -0.1) is 11.3 Å². The van der Waals surface area contributed by atoms with Crippen molar-refractivity contribution in [2.24, 2.45) is 0 Å². The van der Waals surface area contributed by atoms with Crippen molar-refractivity contribution in [3.8, 4) is 0 Å². The molecule has 1 aromatic heterocycles. The van der Waals surface area contributed by atoms with Crippen LogP contribution in [0.25, 0.3) is 0 Å². The van der Waals surface area contributed by atoms with Crippen LogP contribution in [0.3, 0.4) is 0 Å². The van der Waals surface area contributed by atoms with Crippen LogP contribution in [-0.2, 0) is 12.8 Å². The maximum Gasteiger partial charge on any atom is 0.0934 e. The van der Waals surface area contributed by atoms with Gasteiger partial charge in [-0.25, -0.2) is 0 Å². The van der Waals surface area contributed by atoms with Gasteiger partial charge < -0.3 is 5.32 Å². The quantitative estimate of drug-likeness (QED) is 0.845. The molecule has 1 aliphatic carbocycles. The van der Waals surface area contributed by atoms with E-state index in [1.807, 2.05) is 0 Å². The zero-order chi connectivity index (χ0) is 14.1. The smallest absolute Gasteiger partial charge is 0.0934 e. The van der Waals surface area contributed by atoms with Gasteiger partial charge in [0.15, 0.2) is 0 Å². The minimum Gasteiger partial charge on any atom is -0.307 e. The zero-order valence-corrected chi connectivity index (χ0v) is 13.5. The highest BCUT2D eigenvalue weighted by molar-refractivity contribution is 7.16. The first kappa shape index (κ1) is 14.1. The van der Waals surface area contributed by atoms with Crippen LogP contribution < -0.4 is 5.32 Å². The van der Waals surface area contributed by atoms with Crippen LogP contribution in [-0.4, -0.2) is 6.04 Å². The van der Waals surface area contributed by atoms with Crippen molar-refractivity contribution in [1.29, 1.82) is 0 Å². The van der Waals surface area contributed by atoms with E-state index in [1.165, 1.54) is 34.4 Å². The number of aryl methyl sites for hydroxylation is 2. The third-order valence-electron chi connectivity index (χ3n) is 4.12. The molecule has 2 aromatic rings. The summed E-state index contributed by atoms with van der Waals surface area (Å²) in [6.45, 7) is 4.47. The first-order chi connectivity index (χ1) is 9.63. The molecule has 0 fully saturated rings. The maximum atomic E-state index is 6.12. The van der Waals surface area contributed by atoms with E-state index >= 15 is 0 Å². The van der Waals surface area contributed by atoms with Gasteiger partial charge in [-0.05, 0) is 55.9 Å². The molecule has 3 heteroatoms. The average molecular weight is 306 g/mol. The van der Waals surface area contributed by atoms with Crippen molar-refractivity contribution in [2.45, 2.75) is 45.2 Å². The second-order valence-electron chi connectivity index (χ2n) is 5.72. The van der Waals surface area contributed by atoms with Crippen LogP contribution in [0, 0.1) is 6.92 Å². The highest BCUT2D eigenvalue weighted by Crippen LogP contribution is 2.39. The summed E-state index contributed by atoms with van der Waals surface area (Å²) in [5.41, 5.74) is 4.25. The molecule has 1 N–H and O–H groups in total. The molecule has 0 aliphatic heterocycles. The minimum atomic E-state index is 0.478. The predicted molar refractivity (Wildman–Crippen MR) is 87.9 cm³/mol. The van der Waals surface area contributed by atoms with Gasteiger partial charge in [0, 0.05) is 17.0 Å². The zero-order valence-electron chi connectivity index (χ0n) is 11.9. The highest BCUT2D eigenvalue weighted by atomic mass is 35.5. The second kappa shape index (κ2) is 5.88. The Morgan fingerprint density at radius 3 is 3.00 bits per heavy atom. The Kier molecular flexibility index (Phi) is 4.16.